The quantitative estimate of drug-likeness (QED) is 0.870. The maximum Gasteiger partial charge on any atom is 0.231 e. The standard InChI is InChI=1S/C12H11N3O2/c1-2-12(15-14-5-1)13-7-9-3-4-10-11(6-9)17-8-16-10/h1-6H,7-8H2,(H,13,15). The minimum Gasteiger partial charge on any atom is -0.454 e. The van der Waals surface area contributed by atoms with Crippen LogP contribution in [-0.2, 0) is 6.54 Å². The number of nitrogens with zero attached hydrogens (tertiary/aromatic N) is 2. The SMILES string of the molecule is c1cnnc(NCc2ccc3c(c2)OCO3)c1. The predicted molar refractivity (Wildman–Crippen MR) is 61.9 cm³/mol. The summed E-state index contributed by atoms with van der Waals surface area (Å²) in [4.78, 5) is 0. The van der Waals surface area contributed by atoms with E-state index in [-0.39, 0.29) is 0 Å². The Morgan fingerprint density at radius 3 is 3.00 bits per heavy atom. The van der Waals surface area contributed by atoms with Gasteiger partial charge in [-0.15, -0.1) is 5.10 Å². The van der Waals surface area contributed by atoms with Crippen molar-refractivity contribution in [3.8, 4) is 11.5 Å². The zero-order chi connectivity index (χ0) is 11.5. The average Bonchev–Trinajstić information content (AvgIpc) is 2.85. The summed E-state index contributed by atoms with van der Waals surface area (Å²) < 4.78 is 10.6. The lowest BCUT2D eigenvalue weighted by Crippen LogP contribution is -2.01. The van der Waals surface area contributed by atoms with Crippen LogP contribution < -0.4 is 14.8 Å². The van der Waals surface area contributed by atoms with Gasteiger partial charge in [0.25, 0.3) is 0 Å². The van der Waals surface area contributed by atoms with Gasteiger partial charge in [-0.1, -0.05) is 6.07 Å². The second-order valence-corrected chi connectivity index (χ2v) is 3.65. The molecule has 5 heteroatoms. The third kappa shape index (κ3) is 2.13. The number of hydrogen-bond donors (Lipinski definition) is 1. The van der Waals surface area contributed by atoms with Crippen molar-refractivity contribution in [2.75, 3.05) is 12.1 Å². The van der Waals surface area contributed by atoms with Crippen LogP contribution in [0.25, 0.3) is 0 Å². The summed E-state index contributed by atoms with van der Waals surface area (Å²) in [7, 11) is 0. The lowest BCUT2D eigenvalue weighted by Gasteiger charge is -2.05. The van der Waals surface area contributed by atoms with E-state index >= 15 is 0 Å². The summed E-state index contributed by atoms with van der Waals surface area (Å²) in [6, 6.07) is 9.59. The molecule has 1 aliphatic heterocycles. The maximum atomic E-state index is 5.31. The molecule has 17 heavy (non-hydrogen) atoms. The number of rotatable bonds is 3. The molecule has 1 aromatic carbocycles. The van der Waals surface area contributed by atoms with Crippen molar-refractivity contribution in [2.45, 2.75) is 6.54 Å². The molecule has 3 rings (SSSR count). The summed E-state index contributed by atoms with van der Waals surface area (Å²) in [5.41, 5.74) is 1.11. The molecule has 2 aromatic rings. The normalized spacial score (nSPS) is 12.5. The summed E-state index contributed by atoms with van der Waals surface area (Å²) in [6.07, 6.45) is 1.64. The first-order valence-corrected chi connectivity index (χ1v) is 5.32. The minimum atomic E-state index is 0.302. The first-order valence-electron chi connectivity index (χ1n) is 5.32. The highest BCUT2D eigenvalue weighted by Gasteiger charge is 2.12. The van der Waals surface area contributed by atoms with Gasteiger partial charge in [-0.05, 0) is 29.8 Å². The topological polar surface area (TPSA) is 56.3 Å². The van der Waals surface area contributed by atoms with E-state index in [2.05, 4.69) is 15.5 Å². The molecule has 86 valence electrons. The van der Waals surface area contributed by atoms with Gasteiger partial charge in [-0.25, -0.2) is 0 Å². The number of fused-ring (bicyclic) bond motifs is 1. The van der Waals surface area contributed by atoms with Gasteiger partial charge < -0.3 is 14.8 Å². The van der Waals surface area contributed by atoms with E-state index in [0.29, 0.717) is 13.3 Å². The molecule has 0 atom stereocenters. The lowest BCUT2D eigenvalue weighted by molar-refractivity contribution is 0.174. The van der Waals surface area contributed by atoms with Gasteiger partial charge in [0, 0.05) is 12.7 Å². The Kier molecular flexibility index (Phi) is 2.50. The number of ether oxygens (including phenoxy) is 2. The van der Waals surface area contributed by atoms with Crippen molar-refractivity contribution < 1.29 is 9.47 Å². The maximum absolute atomic E-state index is 5.31. The van der Waals surface area contributed by atoms with Crippen molar-refractivity contribution in [3.63, 3.8) is 0 Å². The average molecular weight is 229 g/mol. The fourth-order valence-corrected chi connectivity index (χ4v) is 1.64. The fraction of sp³-hybridized carbons (Fsp3) is 0.167. The number of nitrogens with one attached hydrogen (secondary N) is 1. The van der Waals surface area contributed by atoms with E-state index in [1.165, 1.54) is 0 Å². The summed E-state index contributed by atoms with van der Waals surface area (Å²) >= 11 is 0. The molecule has 2 heterocycles. The third-order valence-corrected chi connectivity index (χ3v) is 2.48. The van der Waals surface area contributed by atoms with Gasteiger partial charge in [-0.2, -0.15) is 5.10 Å². The van der Waals surface area contributed by atoms with Crippen molar-refractivity contribution in [3.05, 3.63) is 42.1 Å². The van der Waals surface area contributed by atoms with Crippen LogP contribution >= 0.6 is 0 Å². The molecule has 0 amide bonds. The van der Waals surface area contributed by atoms with Gasteiger partial charge in [0.2, 0.25) is 6.79 Å². The zero-order valence-corrected chi connectivity index (χ0v) is 9.09. The first-order chi connectivity index (χ1) is 8.42. The van der Waals surface area contributed by atoms with E-state index in [4.69, 9.17) is 9.47 Å². The van der Waals surface area contributed by atoms with Gasteiger partial charge in [-0.3, -0.25) is 0 Å². The highest BCUT2D eigenvalue weighted by atomic mass is 16.7. The largest absolute Gasteiger partial charge is 0.454 e. The number of aromatic nitrogens is 2. The second kappa shape index (κ2) is 4.29. The van der Waals surface area contributed by atoms with Crippen LogP contribution in [0.2, 0.25) is 0 Å². The monoisotopic (exact) mass is 229 g/mol. The summed E-state index contributed by atoms with van der Waals surface area (Å²) in [5, 5.41) is 10.9. The van der Waals surface area contributed by atoms with Crippen LogP contribution in [0.1, 0.15) is 5.56 Å². The fourth-order valence-electron chi connectivity index (χ4n) is 1.64. The van der Waals surface area contributed by atoms with Crippen molar-refractivity contribution >= 4 is 5.82 Å². The zero-order valence-electron chi connectivity index (χ0n) is 9.09. The van der Waals surface area contributed by atoms with Crippen LogP contribution in [0.4, 0.5) is 5.82 Å². The van der Waals surface area contributed by atoms with Crippen LogP contribution in [0.15, 0.2) is 36.5 Å². The van der Waals surface area contributed by atoms with Gasteiger partial charge >= 0.3 is 0 Å². The van der Waals surface area contributed by atoms with Crippen LogP contribution in [0, 0.1) is 0 Å². The molecule has 0 bridgehead atoms. The molecule has 1 aliphatic rings. The summed E-state index contributed by atoms with van der Waals surface area (Å²) in [6.45, 7) is 0.978. The Morgan fingerprint density at radius 1 is 1.18 bits per heavy atom. The lowest BCUT2D eigenvalue weighted by atomic mass is 10.2. The van der Waals surface area contributed by atoms with Gasteiger partial charge in [0.05, 0.1) is 0 Å². The van der Waals surface area contributed by atoms with Crippen molar-refractivity contribution in [2.24, 2.45) is 0 Å². The van der Waals surface area contributed by atoms with E-state index in [9.17, 15) is 0 Å². The Labute approximate surface area is 98.4 Å². The molecular formula is C12H11N3O2. The molecule has 1 aromatic heterocycles. The highest BCUT2D eigenvalue weighted by Crippen LogP contribution is 2.32. The van der Waals surface area contributed by atoms with Crippen LogP contribution in [-0.4, -0.2) is 17.0 Å². The molecule has 0 saturated heterocycles. The molecule has 1 N–H and O–H groups in total. The molecule has 0 fully saturated rings. The van der Waals surface area contributed by atoms with E-state index in [0.717, 1.165) is 22.9 Å². The number of anilines is 1. The molecule has 0 unspecified atom stereocenters. The Balaban J connectivity index is 1.70. The molecule has 0 aliphatic carbocycles. The molecule has 0 saturated carbocycles. The highest BCUT2D eigenvalue weighted by molar-refractivity contribution is 5.45. The first kappa shape index (κ1) is 9.89. The van der Waals surface area contributed by atoms with Crippen LogP contribution in [0.3, 0.4) is 0 Å². The van der Waals surface area contributed by atoms with Gasteiger partial charge in [0.1, 0.15) is 5.82 Å². The Morgan fingerprint density at radius 2 is 2.12 bits per heavy atom. The number of hydrogen-bond acceptors (Lipinski definition) is 5. The molecule has 0 spiro atoms. The minimum absolute atomic E-state index is 0.302. The second-order valence-electron chi connectivity index (χ2n) is 3.65. The van der Waals surface area contributed by atoms with E-state index < -0.39 is 0 Å². The van der Waals surface area contributed by atoms with Gasteiger partial charge in [0.15, 0.2) is 11.5 Å². The van der Waals surface area contributed by atoms with E-state index in [1.807, 2.05) is 30.3 Å². The van der Waals surface area contributed by atoms with Crippen LogP contribution in [0.5, 0.6) is 11.5 Å². The Bertz CT molecular complexity index is 516. The molecule has 5 nitrogen and oxygen atoms in total. The Hall–Kier alpha value is -2.30. The molecule has 0 radical (unpaired) electrons. The molecular weight excluding hydrogens is 218 g/mol. The number of benzene rings is 1. The van der Waals surface area contributed by atoms with Crippen molar-refractivity contribution in [1.29, 1.82) is 0 Å². The van der Waals surface area contributed by atoms with Crippen molar-refractivity contribution in [1.82, 2.24) is 10.2 Å². The van der Waals surface area contributed by atoms with E-state index in [1.54, 1.807) is 6.20 Å². The smallest absolute Gasteiger partial charge is 0.231 e. The summed E-state index contributed by atoms with van der Waals surface area (Å²) in [5.74, 6) is 2.35. The third-order valence-electron chi connectivity index (χ3n) is 2.48. The predicted octanol–water partition coefficient (Wildman–Crippen LogP) is 1.82.